The summed E-state index contributed by atoms with van der Waals surface area (Å²) in [4.78, 5) is 35.2. The molecule has 6 N–H and O–H groups in total. The van der Waals surface area contributed by atoms with E-state index in [1.165, 1.54) is 43.1 Å². The Labute approximate surface area is 286 Å². The van der Waals surface area contributed by atoms with E-state index in [1.54, 1.807) is 17.0 Å². The highest BCUT2D eigenvalue weighted by Gasteiger charge is 2.35. The van der Waals surface area contributed by atoms with Crippen molar-refractivity contribution in [3.8, 4) is 0 Å². The van der Waals surface area contributed by atoms with Crippen molar-refractivity contribution in [1.29, 1.82) is 0 Å². The second-order valence-corrected chi connectivity index (χ2v) is 11.2. The first-order valence-electron chi connectivity index (χ1n) is 15.5. The zero-order chi connectivity index (χ0) is 30.3. The quantitative estimate of drug-likeness (QED) is 0.114. The van der Waals surface area contributed by atoms with Crippen molar-refractivity contribution in [2.24, 2.45) is 22.2 Å². The number of hydrogen-bond acceptors (Lipinski definition) is 7. The van der Waals surface area contributed by atoms with Crippen molar-refractivity contribution in [2.45, 2.75) is 83.3 Å². The van der Waals surface area contributed by atoms with E-state index >= 15 is 4.39 Å². The summed E-state index contributed by atoms with van der Waals surface area (Å²) in [5, 5.41) is 0. The maximum atomic E-state index is 15.0. The minimum absolute atomic E-state index is 0. The smallest absolute Gasteiger partial charge is 0.414 e. The number of hydrogen-bond donors (Lipinski definition) is 3. The summed E-state index contributed by atoms with van der Waals surface area (Å²) < 4.78 is 26.0. The third-order valence-corrected chi connectivity index (χ3v) is 7.77. The average molecular weight is 701 g/mol. The van der Waals surface area contributed by atoms with Crippen LogP contribution in [0, 0.1) is 5.82 Å². The summed E-state index contributed by atoms with van der Waals surface area (Å²) >= 11 is 0. The van der Waals surface area contributed by atoms with Crippen molar-refractivity contribution in [2.75, 3.05) is 62.3 Å². The number of carbonyl (C=O) groups excluding carboxylic acids is 2. The molecule has 2 amide bonds. The predicted octanol–water partition coefficient (Wildman–Crippen LogP) is 4.60. The second kappa shape index (κ2) is 23.1. The number of benzene rings is 1. The molecule has 0 aliphatic carbocycles. The van der Waals surface area contributed by atoms with Crippen LogP contribution in [0.4, 0.5) is 20.6 Å². The molecule has 2 saturated heterocycles. The zero-order valence-corrected chi connectivity index (χ0v) is 28.8. The molecule has 3 rings (SSSR count). The molecule has 1 aromatic rings. The molecule has 2 atom stereocenters. The molecule has 15 heteroatoms. The van der Waals surface area contributed by atoms with E-state index in [0.29, 0.717) is 63.6 Å². The van der Waals surface area contributed by atoms with Crippen LogP contribution in [-0.4, -0.2) is 87.5 Å². The van der Waals surface area contributed by atoms with Gasteiger partial charge in [0.2, 0.25) is 5.91 Å². The van der Waals surface area contributed by atoms with Crippen molar-refractivity contribution >= 4 is 66.6 Å². The molecule has 0 unspecified atom stereocenters. The number of guanidine groups is 1. The van der Waals surface area contributed by atoms with Gasteiger partial charge in [0.15, 0.2) is 5.96 Å². The summed E-state index contributed by atoms with van der Waals surface area (Å²) in [6.07, 6.45) is 9.07. The standard InChI is InChI=1S/C30H50FN7O4.3ClH/c1-2-3-4-5-6-7-8-9-15-37(28(39)26(32)11-10-14-35-29(33)34)21-24-22-38(30(40)42-24)23-12-13-27(25(31)20-23)36-16-18-41-19-17-36;;;/h12-13,20,24,26H,2-11,14-19,21-22,32H2,1H3,(H4,33,34,35);3*1H/t24-,26-;;;/m0.../s1. The number of halogens is 4. The van der Waals surface area contributed by atoms with Gasteiger partial charge in [-0.3, -0.25) is 14.7 Å². The van der Waals surface area contributed by atoms with E-state index in [1.807, 2.05) is 4.90 Å². The second-order valence-electron chi connectivity index (χ2n) is 11.2. The van der Waals surface area contributed by atoms with Gasteiger partial charge in [0, 0.05) is 26.2 Å². The van der Waals surface area contributed by atoms with Gasteiger partial charge in [-0.2, -0.15) is 0 Å². The molecule has 45 heavy (non-hydrogen) atoms. The fourth-order valence-corrected chi connectivity index (χ4v) is 5.40. The van der Waals surface area contributed by atoms with Crippen LogP contribution >= 0.6 is 37.2 Å². The number of nitrogens with two attached hydrogens (primary N) is 3. The van der Waals surface area contributed by atoms with Gasteiger partial charge in [-0.05, 0) is 37.5 Å². The third kappa shape index (κ3) is 14.4. The highest BCUT2D eigenvalue weighted by atomic mass is 35.5. The van der Waals surface area contributed by atoms with Crippen LogP contribution in [0.3, 0.4) is 0 Å². The van der Waals surface area contributed by atoms with E-state index in [9.17, 15) is 9.59 Å². The predicted molar refractivity (Wildman–Crippen MR) is 186 cm³/mol. The molecule has 2 aliphatic heterocycles. The SMILES string of the molecule is CCCCCCCCCCN(C[C@H]1CN(c2ccc(N3CCOCC3)c(F)c2)C(=O)O1)C(=O)[C@@H](N)CCCN=C(N)N.Cl.Cl.Cl. The van der Waals surface area contributed by atoms with Gasteiger partial charge in [0.05, 0.1) is 43.7 Å². The third-order valence-electron chi connectivity index (χ3n) is 7.77. The summed E-state index contributed by atoms with van der Waals surface area (Å²) in [5.74, 6) is -0.573. The molecule has 2 heterocycles. The van der Waals surface area contributed by atoms with Crippen LogP contribution in [0.15, 0.2) is 23.2 Å². The van der Waals surface area contributed by atoms with E-state index in [2.05, 4.69) is 11.9 Å². The Morgan fingerprint density at radius 2 is 1.69 bits per heavy atom. The highest BCUT2D eigenvalue weighted by molar-refractivity contribution is 5.90. The van der Waals surface area contributed by atoms with Crippen molar-refractivity contribution in [3.63, 3.8) is 0 Å². The van der Waals surface area contributed by atoms with Crippen molar-refractivity contribution < 1.29 is 23.5 Å². The number of carbonyl (C=O) groups is 2. The number of cyclic esters (lactones) is 1. The van der Waals surface area contributed by atoms with Gasteiger partial charge in [-0.15, -0.1) is 37.2 Å². The number of aliphatic imine (C=N–C) groups is 1. The monoisotopic (exact) mass is 699 g/mol. The van der Waals surface area contributed by atoms with Crippen LogP contribution in [0.2, 0.25) is 0 Å². The lowest BCUT2D eigenvalue weighted by Crippen LogP contribution is -2.47. The Hall–Kier alpha value is -2.25. The van der Waals surface area contributed by atoms with Crippen molar-refractivity contribution in [1.82, 2.24) is 4.90 Å². The van der Waals surface area contributed by atoms with E-state index in [0.717, 1.165) is 19.3 Å². The number of anilines is 2. The zero-order valence-electron chi connectivity index (χ0n) is 26.4. The number of morpholine rings is 1. The maximum absolute atomic E-state index is 15.0. The number of amides is 2. The first-order chi connectivity index (χ1) is 20.3. The fraction of sp³-hybridized carbons (Fsp3) is 0.700. The molecule has 260 valence electrons. The van der Waals surface area contributed by atoms with E-state index in [-0.39, 0.29) is 62.2 Å². The van der Waals surface area contributed by atoms with Gasteiger partial charge in [-0.1, -0.05) is 51.9 Å². The van der Waals surface area contributed by atoms with Crippen LogP contribution in [-0.2, 0) is 14.3 Å². The molecule has 0 spiro atoms. The van der Waals surface area contributed by atoms with Gasteiger partial charge < -0.3 is 36.5 Å². The topological polar surface area (TPSA) is 153 Å². The Balaban J connectivity index is 0.00000645. The van der Waals surface area contributed by atoms with Crippen molar-refractivity contribution in [3.05, 3.63) is 24.0 Å². The van der Waals surface area contributed by atoms with Gasteiger partial charge in [0.1, 0.15) is 11.9 Å². The number of nitrogens with zero attached hydrogens (tertiary/aromatic N) is 4. The minimum Gasteiger partial charge on any atom is -0.442 e. The number of ether oxygens (including phenoxy) is 2. The molecule has 1 aromatic carbocycles. The largest absolute Gasteiger partial charge is 0.442 e. The van der Waals surface area contributed by atoms with Gasteiger partial charge in [0.25, 0.3) is 0 Å². The summed E-state index contributed by atoms with van der Waals surface area (Å²) in [6.45, 7) is 5.92. The Morgan fingerprint density at radius 3 is 2.31 bits per heavy atom. The summed E-state index contributed by atoms with van der Waals surface area (Å²) in [7, 11) is 0. The molecule has 0 bridgehead atoms. The highest BCUT2D eigenvalue weighted by Crippen LogP contribution is 2.29. The Morgan fingerprint density at radius 1 is 1.04 bits per heavy atom. The average Bonchev–Trinajstić information content (AvgIpc) is 3.35. The fourth-order valence-electron chi connectivity index (χ4n) is 5.40. The Bertz CT molecular complexity index is 1030. The van der Waals surface area contributed by atoms with Crippen LogP contribution < -0.4 is 27.0 Å². The van der Waals surface area contributed by atoms with Crippen LogP contribution in [0.25, 0.3) is 0 Å². The lowest BCUT2D eigenvalue weighted by molar-refractivity contribution is -0.134. The first kappa shape index (κ1) is 42.8. The van der Waals surface area contributed by atoms with E-state index in [4.69, 9.17) is 26.7 Å². The lowest BCUT2D eigenvalue weighted by atomic mass is 10.1. The molecule has 2 fully saturated rings. The molecular weight excluding hydrogens is 648 g/mol. The van der Waals surface area contributed by atoms with Gasteiger partial charge in [-0.25, -0.2) is 9.18 Å². The number of rotatable bonds is 18. The summed E-state index contributed by atoms with van der Waals surface area (Å²) in [5.41, 5.74) is 18.0. The van der Waals surface area contributed by atoms with Crippen LogP contribution in [0.5, 0.6) is 0 Å². The maximum Gasteiger partial charge on any atom is 0.414 e. The number of unbranched alkanes of at least 4 members (excludes halogenated alkanes) is 7. The molecule has 11 nitrogen and oxygen atoms in total. The molecule has 2 aliphatic rings. The molecule has 0 saturated carbocycles. The normalized spacial score (nSPS) is 16.5. The van der Waals surface area contributed by atoms with Crippen LogP contribution in [0.1, 0.15) is 71.1 Å². The molecule has 0 radical (unpaired) electrons. The van der Waals surface area contributed by atoms with E-state index < -0.39 is 24.1 Å². The molecule has 0 aromatic heterocycles. The lowest BCUT2D eigenvalue weighted by Gasteiger charge is -2.29. The molecular formula is C30H53Cl3FN7O4. The Kier molecular flexibility index (Phi) is 22.0. The summed E-state index contributed by atoms with van der Waals surface area (Å²) in [6, 6.07) is 4.08. The first-order valence-corrected chi connectivity index (χ1v) is 15.5. The van der Waals surface area contributed by atoms with Gasteiger partial charge >= 0.3 is 6.09 Å². The minimum atomic E-state index is -0.705.